The summed E-state index contributed by atoms with van der Waals surface area (Å²) in [7, 11) is 0. The van der Waals surface area contributed by atoms with Gasteiger partial charge in [-0.1, -0.05) is 17.7 Å². The molecule has 2 aliphatic heterocycles. The Morgan fingerprint density at radius 3 is 2.75 bits per heavy atom. The number of anilines is 2. The molecule has 1 amide bonds. The highest BCUT2D eigenvalue weighted by Gasteiger charge is 2.32. The number of benzene rings is 2. The van der Waals surface area contributed by atoms with Gasteiger partial charge in [-0.25, -0.2) is 0 Å². The molecule has 4 rings (SSSR count). The van der Waals surface area contributed by atoms with Gasteiger partial charge in [-0.2, -0.15) is 0 Å². The molecule has 0 saturated heterocycles. The monoisotopic (exact) mass is 396 g/mol. The number of rotatable bonds is 3. The molecule has 5 nitrogen and oxygen atoms in total. The van der Waals surface area contributed by atoms with E-state index in [4.69, 9.17) is 21.1 Å². The van der Waals surface area contributed by atoms with Crippen LogP contribution in [0.15, 0.2) is 48.9 Å². The first-order valence-corrected chi connectivity index (χ1v) is 9.36. The zero-order chi connectivity index (χ0) is 20.1. The number of ether oxygens (including phenoxy) is 2. The molecule has 2 aromatic carbocycles. The smallest absolute Gasteiger partial charge is 0.260 e. The van der Waals surface area contributed by atoms with Gasteiger partial charge in [-0.15, -0.1) is 0 Å². The van der Waals surface area contributed by atoms with Gasteiger partial charge in [0.25, 0.3) is 5.91 Å². The fourth-order valence-corrected chi connectivity index (χ4v) is 3.52. The second-order valence-electron chi connectivity index (χ2n) is 7.77. The predicted octanol–water partition coefficient (Wildman–Crippen LogP) is 5.39. The summed E-state index contributed by atoms with van der Waals surface area (Å²) in [5.74, 6) is 0.815. The fraction of sp³-hybridized carbons (Fsp3) is 0.227. The Labute approximate surface area is 169 Å². The van der Waals surface area contributed by atoms with E-state index in [1.807, 2.05) is 39.0 Å². The van der Waals surface area contributed by atoms with E-state index in [0.29, 0.717) is 28.8 Å². The zero-order valence-corrected chi connectivity index (χ0v) is 16.7. The third-order valence-electron chi connectivity index (χ3n) is 4.39. The quantitative estimate of drug-likeness (QED) is 0.539. The lowest BCUT2D eigenvalue weighted by atomic mass is 10.00. The molecule has 2 aliphatic rings. The molecule has 2 N–H and O–H groups in total. The van der Waals surface area contributed by atoms with Crippen molar-refractivity contribution in [1.82, 2.24) is 0 Å². The minimum absolute atomic E-state index is 0.195. The summed E-state index contributed by atoms with van der Waals surface area (Å²) in [6, 6.07) is 11.2. The molecule has 0 saturated carbocycles. The van der Waals surface area contributed by atoms with Crippen molar-refractivity contribution in [2.45, 2.75) is 33.0 Å². The fourth-order valence-electron chi connectivity index (χ4n) is 3.35. The summed E-state index contributed by atoms with van der Waals surface area (Å²) in [5.41, 5.74) is 4.32. The maximum absolute atomic E-state index is 12.6. The van der Waals surface area contributed by atoms with Crippen molar-refractivity contribution in [2.24, 2.45) is 0 Å². The first-order valence-electron chi connectivity index (χ1n) is 8.98. The first-order chi connectivity index (χ1) is 13.2. The summed E-state index contributed by atoms with van der Waals surface area (Å²) in [6.45, 7) is 10.2. The van der Waals surface area contributed by atoms with E-state index < -0.39 is 0 Å². The summed E-state index contributed by atoms with van der Waals surface area (Å²) >= 11 is 6.14. The largest absolute Gasteiger partial charge is 0.487 e. The Kier molecular flexibility index (Phi) is 4.35. The van der Waals surface area contributed by atoms with Crippen molar-refractivity contribution in [3.63, 3.8) is 0 Å². The predicted molar refractivity (Wildman–Crippen MR) is 112 cm³/mol. The van der Waals surface area contributed by atoms with E-state index in [-0.39, 0.29) is 11.5 Å². The Morgan fingerprint density at radius 1 is 1.21 bits per heavy atom. The second-order valence-corrected chi connectivity index (χ2v) is 8.21. The van der Waals surface area contributed by atoms with E-state index in [9.17, 15) is 4.79 Å². The van der Waals surface area contributed by atoms with Crippen LogP contribution in [0.1, 0.15) is 37.5 Å². The molecule has 0 spiro atoms. The molecule has 0 aromatic heterocycles. The number of nitrogens with one attached hydrogen (secondary N) is 2. The molecule has 0 bridgehead atoms. The summed E-state index contributed by atoms with van der Waals surface area (Å²) < 4.78 is 11.6. The number of carbonyl (C=O) groups excluding carboxylic acids is 1. The van der Waals surface area contributed by atoms with E-state index in [0.717, 1.165) is 28.1 Å². The van der Waals surface area contributed by atoms with Crippen LogP contribution in [0, 0.1) is 0 Å². The van der Waals surface area contributed by atoms with Crippen LogP contribution >= 0.6 is 11.6 Å². The summed E-state index contributed by atoms with van der Waals surface area (Å²) in [5, 5.41) is 6.60. The topological polar surface area (TPSA) is 59.6 Å². The van der Waals surface area contributed by atoms with Crippen molar-refractivity contribution < 1.29 is 14.3 Å². The van der Waals surface area contributed by atoms with Gasteiger partial charge < -0.3 is 20.1 Å². The number of fused-ring (bicyclic) bond motifs is 2. The molecule has 0 aliphatic carbocycles. The Balaban J connectivity index is 1.72. The number of halogens is 1. The van der Waals surface area contributed by atoms with Gasteiger partial charge in [-0.3, -0.25) is 4.79 Å². The third-order valence-corrected chi connectivity index (χ3v) is 4.63. The second kappa shape index (κ2) is 6.60. The van der Waals surface area contributed by atoms with Crippen LogP contribution in [0.2, 0.25) is 5.02 Å². The van der Waals surface area contributed by atoms with Crippen LogP contribution in [0.5, 0.6) is 0 Å². The van der Waals surface area contributed by atoms with Gasteiger partial charge in [0.1, 0.15) is 18.0 Å². The van der Waals surface area contributed by atoms with Crippen molar-refractivity contribution in [2.75, 3.05) is 10.6 Å². The maximum atomic E-state index is 12.6. The van der Waals surface area contributed by atoms with Crippen molar-refractivity contribution in [1.29, 1.82) is 0 Å². The van der Waals surface area contributed by atoms with Crippen LogP contribution in [-0.4, -0.2) is 11.5 Å². The van der Waals surface area contributed by atoms with Crippen LogP contribution in [0.25, 0.3) is 11.3 Å². The summed E-state index contributed by atoms with van der Waals surface area (Å²) in [4.78, 5) is 12.6. The van der Waals surface area contributed by atoms with Gasteiger partial charge in [0.05, 0.1) is 5.57 Å². The van der Waals surface area contributed by atoms with Gasteiger partial charge in [0, 0.05) is 33.1 Å². The van der Waals surface area contributed by atoms with E-state index in [1.165, 1.54) is 0 Å². The molecule has 2 aromatic rings. The average Bonchev–Trinajstić information content (AvgIpc) is 3.12. The molecule has 6 heteroatoms. The van der Waals surface area contributed by atoms with E-state index >= 15 is 0 Å². The number of hydrogen-bond donors (Lipinski definition) is 2. The highest BCUT2D eigenvalue weighted by molar-refractivity contribution is 6.38. The minimum Gasteiger partial charge on any atom is -0.487 e. The Morgan fingerprint density at radius 2 is 2.00 bits per heavy atom. The normalized spacial score (nSPS) is 17.5. The van der Waals surface area contributed by atoms with Crippen LogP contribution in [0.4, 0.5) is 11.4 Å². The lowest BCUT2D eigenvalue weighted by molar-refractivity contribution is -0.110. The SMILES string of the molecule is C=C(Nc1ccc2c(c1)/C(=C1\C(=O)Nc3ccc(Cl)cc31)OC2)OC(C)(C)C. The first kappa shape index (κ1) is 18.4. The molecule has 0 radical (unpaired) electrons. The average molecular weight is 397 g/mol. The maximum Gasteiger partial charge on any atom is 0.260 e. The van der Waals surface area contributed by atoms with Gasteiger partial charge >= 0.3 is 0 Å². The summed E-state index contributed by atoms with van der Waals surface area (Å²) in [6.07, 6.45) is 0. The highest BCUT2D eigenvalue weighted by Crippen LogP contribution is 2.43. The Hall–Kier alpha value is -2.92. The highest BCUT2D eigenvalue weighted by atomic mass is 35.5. The third kappa shape index (κ3) is 3.45. The van der Waals surface area contributed by atoms with Crippen molar-refractivity contribution in [3.05, 3.63) is 70.6 Å². The number of carbonyl (C=O) groups is 1. The molecular formula is C22H21ClN2O3. The molecule has 0 unspecified atom stereocenters. The number of amides is 1. The van der Waals surface area contributed by atoms with Crippen molar-refractivity contribution >= 4 is 40.2 Å². The standard InChI is InChI=1S/C22H21ClN2O3/c1-12(28-22(2,3)4)24-15-7-5-13-11-27-20(16(13)10-15)19-17-9-14(23)6-8-18(17)25-21(19)26/h5-10,24H,1,11H2,2-4H3,(H,25,26)/b20-19+. The molecule has 2 heterocycles. The zero-order valence-electron chi connectivity index (χ0n) is 16.0. The van der Waals surface area contributed by atoms with E-state index in [2.05, 4.69) is 17.2 Å². The lowest BCUT2D eigenvalue weighted by Gasteiger charge is -2.23. The minimum atomic E-state index is -0.345. The van der Waals surface area contributed by atoms with Gasteiger partial charge in [-0.05, 0) is 57.7 Å². The molecule has 144 valence electrons. The molecule has 0 fully saturated rings. The lowest BCUT2D eigenvalue weighted by Crippen LogP contribution is -2.21. The van der Waals surface area contributed by atoms with Gasteiger partial charge in [0.2, 0.25) is 0 Å². The molecule has 0 atom stereocenters. The van der Waals surface area contributed by atoms with Crippen LogP contribution in [-0.2, 0) is 20.9 Å². The van der Waals surface area contributed by atoms with E-state index in [1.54, 1.807) is 18.2 Å². The molecular weight excluding hydrogens is 376 g/mol. The van der Waals surface area contributed by atoms with Crippen molar-refractivity contribution in [3.8, 4) is 0 Å². The van der Waals surface area contributed by atoms with Crippen LogP contribution < -0.4 is 10.6 Å². The number of hydrogen-bond acceptors (Lipinski definition) is 4. The van der Waals surface area contributed by atoms with Gasteiger partial charge in [0.15, 0.2) is 5.88 Å². The molecule has 28 heavy (non-hydrogen) atoms. The Bertz CT molecular complexity index is 1030. The van der Waals surface area contributed by atoms with Crippen LogP contribution in [0.3, 0.4) is 0 Å².